The Morgan fingerprint density at radius 1 is 0.952 bits per heavy atom. The van der Waals surface area contributed by atoms with Crippen LogP contribution < -0.4 is 5.73 Å². The van der Waals surface area contributed by atoms with Crippen LogP contribution in [0.15, 0.2) is 24.3 Å². The van der Waals surface area contributed by atoms with Crippen LogP contribution >= 0.6 is 0 Å². The fraction of sp³-hybridized carbons (Fsp3) is 0.667. The van der Waals surface area contributed by atoms with E-state index in [9.17, 15) is 0 Å². The predicted molar refractivity (Wildman–Crippen MR) is 90.4 cm³/mol. The molecular weight excluding hydrogens is 258 g/mol. The second-order valence-corrected chi connectivity index (χ2v) is 6.25. The van der Waals surface area contributed by atoms with Crippen LogP contribution in [0.2, 0.25) is 0 Å². The first-order chi connectivity index (χ1) is 10.3. The Kier molecular flexibility index (Phi) is 7.20. The van der Waals surface area contributed by atoms with E-state index in [1.165, 1.54) is 69.5 Å². The minimum absolute atomic E-state index is 0.838. The van der Waals surface area contributed by atoms with Gasteiger partial charge in [0.25, 0.3) is 0 Å². The van der Waals surface area contributed by atoms with Crippen molar-refractivity contribution >= 4 is 0 Å². The molecule has 1 heterocycles. The molecule has 118 valence electrons. The smallest absolute Gasteiger partial charge is 0.0236 e. The lowest BCUT2D eigenvalue weighted by atomic mass is 10.1. The Morgan fingerprint density at radius 3 is 2.52 bits per heavy atom. The number of benzene rings is 1. The van der Waals surface area contributed by atoms with Gasteiger partial charge in [-0.3, -0.25) is 4.90 Å². The van der Waals surface area contributed by atoms with Crippen molar-refractivity contribution in [2.45, 2.75) is 39.2 Å². The molecule has 2 rings (SSSR count). The third kappa shape index (κ3) is 5.77. The monoisotopic (exact) mass is 289 g/mol. The van der Waals surface area contributed by atoms with E-state index < -0.39 is 0 Å². The standard InChI is InChI=1S/C18H31N3/c1-17-8-3-4-9-18(17)16-21-13-7-12-20(14-15-21)11-6-2-5-10-19/h3-4,8-9H,2,5-7,10-16,19H2,1H3. The molecule has 1 aromatic carbocycles. The van der Waals surface area contributed by atoms with E-state index in [-0.39, 0.29) is 0 Å². The lowest BCUT2D eigenvalue weighted by Crippen LogP contribution is -2.31. The summed E-state index contributed by atoms with van der Waals surface area (Å²) in [7, 11) is 0. The fourth-order valence-electron chi connectivity index (χ4n) is 3.09. The highest BCUT2D eigenvalue weighted by Gasteiger charge is 2.15. The quantitative estimate of drug-likeness (QED) is 0.783. The van der Waals surface area contributed by atoms with Crippen LogP contribution in [0.4, 0.5) is 0 Å². The second kappa shape index (κ2) is 9.19. The molecule has 0 radical (unpaired) electrons. The van der Waals surface area contributed by atoms with Gasteiger partial charge in [-0.05, 0) is 63.5 Å². The number of nitrogens with zero attached hydrogens (tertiary/aromatic N) is 2. The summed E-state index contributed by atoms with van der Waals surface area (Å²) in [6.07, 6.45) is 5.05. The van der Waals surface area contributed by atoms with E-state index in [2.05, 4.69) is 41.0 Å². The summed E-state index contributed by atoms with van der Waals surface area (Å²) in [5.41, 5.74) is 8.45. The van der Waals surface area contributed by atoms with Crippen LogP contribution in [-0.4, -0.2) is 49.1 Å². The minimum atomic E-state index is 0.838. The van der Waals surface area contributed by atoms with Gasteiger partial charge >= 0.3 is 0 Å². The van der Waals surface area contributed by atoms with Crippen molar-refractivity contribution in [3.8, 4) is 0 Å². The number of aryl methyl sites for hydroxylation is 1. The maximum atomic E-state index is 5.56. The van der Waals surface area contributed by atoms with E-state index in [4.69, 9.17) is 5.73 Å². The van der Waals surface area contributed by atoms with E-state index in [1.54, 1.807) is 0 Å². The Balaban J connectivity index is 1.74. The molecule has 0 bridgehead atoms. The zero-order chi connectivity index (χ0) is 14.9. The fourth-order valence-corrected chi connectivity index (χ4v) is 3.09. The zero-order valence-electron chi connectivity index (χ0n) is 13.6. The van der Waals surface area contributed by atoms with Crippen molar-refractivity contribution in [2.75, 3.05) is 39.3 Å². The summed E-state index contributed by atoms with van der Waals surface area (Å²) in [4.78, 5) is 5.25. The van der Waals surface area contributed by atoms with Gasteiger partial charge in [0.15, 0.2) is 0 Å². The van der Waals surface area contributed by atoms with Crippen molar-refractivity contribution in [3.63, 3.8) is 0 Å². The summed E-state index contributed by atoms with van der Waals surface area (Å²) in [5, 5.41) is 0. The van der Waals surface area contributed by atoms with Gasteiger partial charge in [0.1, 0.15) is 0 Å². The summed E-state index contributed by atoms with van der Waals surface area (Å²) < 4.78 is 0. The Hall–Kier alpha value is -0.900. The number of nitrogens with two attached hydrogens (primary N) is 1. The summed E-state index contributed by atoms with van der Waals surface area (Å²) in [6, 6.07) is 8.77. The average molecular weight is 289 g/mol. The Labute approximate surface area is 130 Å². The van der Waals surface area contributed by atoms with Gasteiger partial charge in [0, 0.05) is 19.6 Å². The summed E-state index contributed by atoms with van der Waals surface area (Å²) >= 11 is 0. The number of unbranched alkanes of at least 4 members (excludes halogenated alkanes) is 2. The maximum absolute atomic E-state index is 5.56. The normalized spacial score (nSPS) is 17.8. The summed E-state index contributed by atoms with van der Waals surface area (Å²) in [5.74, 6) is 0. The maximum Gasteiger partial charge on any atom is 0.0236 e. The van der Waals surface area contributed by atoms with Crippen LogP contribution in [0.5, 0.6) is 0 Å². The molecule has 1 aliphatic rings. The van der Waals surface area contributed by atoms with Crippen molar-refractivity contribution in [1.82, 2.24) is 9.80 Å². The first kappa shape index (κ1) is 16.5. The van der Waals surface area contributed by atoms with Gasteiger partial charge in [0.05, 0.1) is 0 Å². The molecular formula is C18H31N3. The average Bonchev–Trinajstić information content (AvgIpc) is 2.72. The molecule has 0 atom stereocenters. The molecule has 0 unspecified atom stereocenters. The molecule has 0 amide bonds. The van der Waals surface area contributed by atoms with Crippen LogP contribution in [0.1, 0.15) is 36.8 Å². The van der Waals surface area contributed by atoms with Gasteiger partial charge in [0.2, 0.25) is 0 Å². The highest BCUT2D eigenvalue weighted by atomic mass is 15.2. The largest absolute Gasteiger partial charge is 0.330 e. The first-order valence-electron chi connectivity index (χ1n) is 8.49. The second-order valence-electron chi connectivity index (χ2n) is 6.25. The van der Waals surface area contributed by atoms with Crippen molar-refractivity contribution in [1.29, 1.82) is 0 Å². The topological polar surface area (TPSA) is 32.5 Å². The van der Waals surface area contributed by atoms with Crippen LogP contribution in [0.25, 0.3) is 0 Å². The van der Waals surface area contributed by atoms with E-state index >= 15 is 0 Å². The van der Waals surface area contributed by atoms with Gasteiger partial charge in [-0.1, -0.05) is 30.7 Å². The molecule has 2 N–H and O–H groups in total. The number of rotatable bonds is 7. The van der Waals surface area contributed by atoms with Crippen molar-refractivity contribution in [3.05, 3.63) is 35.4 Å². The molecule has 0 aromatic heterocycles. The van der Waals surface area contributed by atoms with E-state index in [0.717, 1.165) is 13.1 Å². The Morgan fingerprint density at radius 2 is 1.71 bits per heavy atom. The van der Waals surface area contributed by atoms with Crippen molar-refractivity contribution < 1.29 is 0 Å². The molecule has 1 aliphatic heterocycles. The lowest BCUT2D eigenvalue weighted by Gasteiger charge is -2.22. The molecule has 0 saturated carbocycles. The number of hydrogen-bond acceptors (Lipinski definition) is 3. The van der Waals surface area contributed by atoms with Gasteiger partial charge in [-0.15, -0.1) is 0 Å². The summed E-state index contributed by atoms with van der Waals surface area (Å²) in [6.45, 7) is 10.3. The molecule has 1 fully saturated rings. The third-order valence-corrected chi connectivity index (χ3v) is 4.51. The molecule has 3 heteroatoms. The molecule has 1 saturated heterocycles. The van der Waals surface area contributed by atoms with Crippen LogP contribution in [0, 0.1) is 6.92 Å². The molecule has 3 nitrogen and oxygen atoms in total. The number of hydrogen-bond donors (Lipinski definition) is 1. The Bertz CT molecular complexity index is 405. The molecule has 0 aliphatic carbocycles. The zero-order valence-corrected chi connectivity index (χ0v) is 13.6. The van der Waals surface area contributed by atoms with Crippen molar-refractivity contribution in [2.24, 2.45) is 5.73 Å². The van der Waals surface area contributed by atoms with Crippen LogP contribution in [0.3, 0.4) is 0 Å². The van der Waals surface area contributed by atoms with Gasteiger partial charge < -0.3 is 10.6 Å². The molecule has 1 aromatic rings. The first-order valence-corrected chi connectivity index (χ1v) is 8.49. The minimum Gasteiger partial charge on any atom is -0.330 e. The molecule has 0 spiro atoms. The SMILES string of the molecule is Cc1ccccc1CN1CCCN(CCCCCN)CC1. The van der Waals surface area contributed by atoms with Gasteiger partial charge in [-0.25, -0.2) is 0 Å². The van der Waals surface area contributed by atoms with E-state index in [1.807, 2.05) is 0 Å². The highest BCUT2D eigenvalue weighted by Crippen LogP contribution is 2.13. The van der Waals surface area contributed by atoms with Crippen LogP contribution in [-0.2, 0) is 6.54 Å². The van der Waals surface area contributed by atoms with Gasteiger partial charge in [-0.2, -0.15) is 0 Å². The molecule has 21 heavy (non-hydrogen) atoms. The predicted octanol–water partition coefficient (Wildman–Crippen LogP) is 2.63. The highest BCUT2D eigenvalue weighted by molar-refractivity contribution is 5.25. The third-order valence-electron chi connectivity index (χ3n) is 4.51. The van der Waals surface area contributed by atoms with E-state index in [0.29, 0.717) is 0 Å². The lowest BCUT2D eigenvalue weighted by molar-refractivity contribution is 0.248.